The second-order valence-corrected chi connectivity index (χ2v) is 22.6. The van der Waals surface area contributed by atoms with Crippen molar-refractivity contribution in [3.63, 3.8) is 0 Å². The Morgan fingerprint density at radius 2 is 1.54 bits per heavy atom. The number of fused-ring (bicyclic) bond motifs is 1. The molecule has 3 aromatic heterocycles. The number of carbonyl (C=O) groups excluding carboxylic acids is 3. The number of aryl methyl sites for hydroxylation is 2. The van der Waals surface area contributed by atoms with Gasteiger partial charge in [-0.15, -0.1) is 0 Å². The van der Waals surface area contributed by atoms with E-state index in [4.69, 9.17) is 23.9 Å². The van der Waals surface area contributed by atoms with Crippen molar-refractivity contribution < 1.29 is 84.9 Å². The maximum Gasteiger partial charge on any atom is 0.481 e. The number of phosphoric acid groups is 3. The number of nitrogen functional groups attached to an aromatic ring is 1. The number of unbranched alkanes of at least 4 members (excludes halogenated alkanes) is 6. The average molecular weight is 1060 g/mol. The molecule has 25 nitrogen and oxygen atoms in total. The van der Waals surface area contributed by atoms with Crippen molar-refractivity contribution in [3.05, 3.63) is 35.3 Å². The fourth-order valence-electron chi connectivity index (χ4n) is 7.23. The minimum Gasteiger partial charge on any atom is -0.466 e. The monoisotopic (exact) mass is 1060 g/mol. The van der Waals surface area contributed by atoms with Gasteiger partial charge in [0, 0.05) is 49.9 Å². The summed E-state index contributed by atoms with van der Waals surface area (Å²) in [5.41, 5.74) is 6.84. The van der Waals surface area contributed by atoms with Gasteiger partial charge in [0.25, 0.3) is 0 Å². The Kier molecular flexibility index (Phi) is 22.4. The molecule has 1 aliphatic rings. The van der Waals surface area contributed by atoms with Crippen LogP contribution in [0.2, 0.25) is 0 Å². The summed E-state index contributed by atoms with van der Waals surface area (Å²) in [5.74, 6) is 1.17. The van der Waals surface area contributed by atoms with Gasteiger partial charge in [-0.25, -0.2) is 28.6 Å². The Balaban J connectivity index is 1.08. The van der Waals surface area contributed by atoms with E-state index in [2.05, 4.69) is 55.2 Å². The Bertz CT molecular complexity index is 2330. The number of nitrogens with zero attached hydrogens (tertiary/aromatic N) is 4. The molecule has 390 valence electrons. The van der Waals surface area contributed by atoms with Crippen LogP contribution in [-0.4, -0.2) is 123 Å². The topological polar surface area (TPSA) is 377 Å². The lowest BCUT2D eigenvalue weighted by molar-refractivity contribution is -0.137. The van der Waals surface area contributed by atoms with Crippen molar-refractivity contribution >= 4 is 69.1 Å². The fraction of sp³-hybridized carbons (Fsp3) is 0.700. The zero-order valence-electron chi connectivity index (χ0n) is 39.3. The number of nitrogens with two attached hydrogens (primary N) is 1. The van der Waals surface area contributed by atoms with Crippen LogP contribution in [0.4, 0.5) is 5.82 Å². The molecule has 4 rings (SSSR count). The highest BCUT2D eigenvalue weighted by Crippen LogP contribution is 2.61. The molecule has 1 aliphatic heterocycles. The third-order valence-electron chi connectivity index (χ3n) is 11.2. The molecule has 7 atom stereocenters. The standard InChI is InChI=1S/C40H66N7O18P3S/c1-6-14-27-25(2)26(3)28(62-27)15-12-10-8-7-9-11-13-16-31(49)69-20-19-42-30(48)17-18-43-38(52)35(51)40(4,5)22-61-68(58,59)65-67(56,57)60-21-29-34(64-66(53,54)55)33(50)39(63-29)47-24-46-32-36(41)44-23-45-37(32)47/h23-24,29,33-35,39,50-51H,6-22H2,1-5H3,(H,42,48)(H,43,52)(H,56,57)(H,58,59)(H2,41,44,45)(H2,53,54,55). The van der Waals surface area contributed by atoms with E-state index in [1.807, 2.05) is 0 Å². The maximum atomic E-state index is 12.8. The number of aliphatic hydroxyl groups is 2. The Morgan fingerprint density at radius 3 is 2.20 bits per heavy atom. The first kappa shape index (κ1) is 58.4. The number of carbonyl (C=O) groups is 3. The molecule has 0 aromatic carbocycles. The molecule has 0 saturated carbocycles. The molecule has 2 amide bonds. The van der Waals surface area contributed by atoms with Crippen molar-refractivity contribution in [2.75, 3.05) is 37.8 Å². The largest absolute Gasteiger partial charge is 0.481 e. The Morgan fingerprint density at radius 1 is 0.899 bits per heavy atom. The number of anilines is 1. The van der Waals surface area contributed by atoms with E-state index < -0.39 is 84.6 Å². The number of aliphatic hydroxyl groups excluding tert-OH is 2. The lowest BCUT2D eigenvalue weighted by Gasteiger charge is -2.30. The summed E-state index contributed by atoms with van der Waals surface area (Å²) < 4.78 is 68.6. The third kappa shape index (κ3) is 18.4. The first-order chi connectivity index (χ1) is 32.3. The SMILES string of the molecule is CCCc1oc(CCCCCCCCCC(=O)SCCNC(=O)CCNC(=O)C(O)C(C)(C)COP(=O)(O)OP(=O)(O)OCC2OC(n3cnc4c(N)ncnc43)C(O)C2OP(=O)(O)O)c(C)c1C. The van der Waals surface area contributed by atoms with Crippen molar-refractivity contribution in [2.45, 2.75) is 142 Å². The van der Waals surface area contributed by atoms with E-state index in [0.717, 1.165) is 105 Å². The number of thioether (sulfide) groups is 1. The molecule has 1 saturated heterocycles. The van der Waals surface area contributed by atoms with Crippen LogP contribution in [0.25, 0.3) is 11.2 Å². The van der Waals surface area contributed by atoms with E-state index in [1.54, 1.807) is 0 Å². The number of hydrogen-bond acceptors (Lipinski definition) is 19. The van der Waals surface area contributed by atoms with Crippen LogP contribution in [0.1, 0.15) is 114 Å². The summed E-state index contributed by atoms with van der Waals surface area (Å²) >= 11 is 1.14. The van der Waals surface area contributed by atoms with Gasteiger partial charge in [-0.1, -0.05) is 64.6 Å². The fourth-order valence-corrected chi connectivity index (χ4v) is 10.8. The predicted octanol–water partition coefficient (Wildman–Crippen LogP) is 4.19. The highest BCUT2D eigenvalue weighted by molar-refractivity contribution is 8.13. The van der Waals surface area contributed by atoms with Gasteiger partial charge in [-0.05, 0) is 44.2 Å². The number of phosphoric ester groups is 3. The van der Waals surface area contributed by atoms with Crippen molar-refractivity contribution in [1.29, 1.82) is 0 Å². The number of imidazole rings is 1. The molecule has 0 radical (unpaired) electrons. The zero-order chi connectivity index (χ0) is 51.2. The van der Waals surface area contributed by atoms with Gasteiger partial charge in [0.1, 0.15) is 47.8 Å². The molecule has 7 unspecified atom stereocenters. The highest BCUT2D eigenvalue weighted by atomic mass is 32.2. The lowest BCUT2D eigenvalue weighted by atomic mass is 9.87. The highest BCUT2D eigenvalue weighted by Gasteiger charge is 2.50. The molecule has 1 fully saturated rings. The normalized spacial score (nSPS) is 19.9. The van der Waals surface area contributed by atoms with Crippen LogP contribution in [-0.2, 0) is 63.5 Å². The Labute approximate surface area is 403 Å². The molecule has 29 heteroatoms. The van der Waals surface area contributed by atoms with Crippen molar-refractivity contribution in [3.8, 4) is 0 Å². The van der Waals surface area contributed by atoms with Crippen LogP contribution in [0, 0.1) is 19.3 Å². The van der Waals surface area contributed by atoms with E-state index in [0.29, 0.717) is 12.2 Å². The minimum absolute atomic E-state index is 0.0314. The first-order valence-corrected chi connectivity index (χ1v) is 28.0. The van der Waals surface area contributed by atoms with Gasteiger partial charge in [0.05, 0.1) is 19.5 Å². The van der Waals surface area contributed by atoms with Crippen molar-refractivity contribution in [1.82, 2.24) is 30.2 Å². The lowest BCUT2D eigenvalue weighted by Crippen LogP contribution is -2.46. The van der Waals surface area contributed by atoms with Crippen LogP contribution in [0.3, 0.4) is 0 Å². The number of rotatable bonds is 31. The van der Waals surface area contributed by atoms with Gasteiger partial charge in [0.2, 0.25) is 11.8 Å². The predicted molar refractivity (Wildman–Crippen MR) is 250 cm³/mol. The van der Waals surface area contributed by atoms with Crippen LogP contribution in [0.15, 0.2) is 17.1 Å². The smallest absolute Gasteiger partial charge is 0.466 e. The summed E-state index contributed by atoms with van der Waals surface area (Å²) in [7, 11) is -16.4. The molecular weight excluding hydrogens is 991 g/mol. The van der Waals surface area contributed by atoms with E-state index >= 15 is 0 Å². The van der Waals surface area contributed by atoms with Gasteiger partial charge < -0.3 is 55.3 Å². The van der Waals surface area contributed by atoms with Crippen molar-refractivity contribution in [2.24, 2.45) is 5.41 Å². The van der Waals surface area contributed by atoms with E-state index in [9.17, 15) is 57.9 Å². The summed E-state index contributed by atoms with van der Waals surface area (Å²) in [5, 5.41) is 26.7. The number of nitrogens with one attached hydrogen (secondary N) is 2. The van der Waals surface area contributed by atoms with Crippen LogP contribution >= 0.6 is 35.2 Å². The first-order valence-electron chi connectivity index (χ1n) is 22.5. The summed E-state index contributed by atoms with van der Waals surface area (Å²) in [6, 6.07) is 0. The van der Waals surface area contributed by atoms with Crippen LogP contribution < -0.4 is 16.4 Å². The quantitative estimate of drug-likeness (QED) is 0.0322. The molecule has 3 aromatic rings. The molecule has 69 heavy (non-hydrogen) atoms. The molecule has 0 spiro atoms. The van der Waals surface area contributed by atoms with E-state index in [1.165, 1.54) is 25.0 Å². The van der Waals surface area contributed by atoms with Gasteiger partial charge in [-0.3, -0.25) is 32.5 Å². The third-order valence-corrected chi connectivity index (χ3v) is 15.2. The summed E-state index contributed by atoms with van der Waals surface area (Å²) in [4.78, 5) is 88.5. The molecule has 10 N–H and O–H groups in total. The summed E-state index contributed by atoms with van der Waals surface area (Å²) in [6.45, 7) is 6.97. The average Bonchev–Trinajstić information content (AvgIpc) is 3.92. The number of ether oxygens (including phenoxy) is 1. The minimum atomic E-state index is -5.58. The molecule has 0 aliphatic carbocycles. The number of amides is 2. The second kappa shape index (κ2) is 26.5. The molecule has 0 bridgehead atoms. The Hall–Kier alpha value is -3.16. The maximum absolute atomic E-state index is 12.8. The van der Waals surface area contributed by atoms with E-state index in [-0.39, 0.29) is 41.6 Å². The van der Waals surface area contributed by atoms with Gasteiger partial charge >= 0.3 is 23.5 Å². The summed E-state index contributed by atoms with van der Waals surface area (Å²) in [6.07, 6.45) is 3.91. The van der Waals surface area contributed by atoms with Crippen LogP contribution in [0.5, 0.6) is 0 Å². The molecular formula is C40H66N7O18P3S. The number of furan rings is 1. The van der Waals surface area contributed by atoms with Gasteiger partial charge in [0.15, 0.2) is 22.8 Å². The van der Waals surface area contributed by atoms with Gasteiger partial charge in [-0.2, -0.15) is 4.31 Å². The second-order valence-electron chi connectivity index (χ2n) is 17.2. The zero-order valence-corrected chi connectivity index (χ0v) is 42.8. The number of aromatic nitrogens is 4. The molecule has 4 heterocycles. The number of hydrogen-bond donors (Lipinski definition) is 9.